The number of hydrogen-bond acceptors (Lipinski definition) is 4. The number of ether oxygens (including phenoxy) is 1. The number of carboxylic acid groups (broad SMARTS) is 1. The largest absolute Gasteiger partial charge is 0.480 e. The number of carbonyl (C=O) groups is 1. The molecule has 0 radical (unpaired) electrons. The molecule has 1 rings (SSSR count). The van der Waals surface area contributed by atoms with Crippen LogP contribution < -0.4 is 0 Å². The minimum absolute atomic E-state index is 0.483. The fourth-order valence-corrected chi connectivity index (χ4v) is 1.21. The molecule has 0 spiro atoms. The Morgan fingerprint density at radius 1 is 1.50 bits per heavy atom. The van der Waals surface area contributed by atoms with Crippen molar-refractivity contribution < 1.29 is 19.8 Å². The van der Waals surface area contributed by atoms with Gasteiger partial charge >= 0.3 is 5.97 Å². The van der Waals surface area contributed by atoms with Gasteiger partial charge in [-0.25, -0.2) is 0 Å². The van der Waals surface area contributed by atoms with E-state index in [0.29, 0.717) is 13.0 Å². The van der Waals surface area contributed by atoms with Gasteiger partial charge in [-0.3, -0.25) is 4.79 Å². The number of rotatable bonds is 3. The van der Waals surface area contributed by atoms with Crippen LogP contribution in [0.4, 0.5) is 0 Å². The fraction of sp³-hybridized carbons (Fsp3) is 0.889. The molecule has 0 aliphatic carbocycles. The van der Waals surface area contributed by atoms with Gasteiger partial charge in [-0.15, -0.1) is 0 Å². The van der Waals surface area contributed by atoms with Crippen molar-refractivity contribution in [2.45, 2.75) is 32.7 Å². The number of hydrogen-bond donors (Lipinski definition) is 2. The van der Waals surface area contributed by atoms with E-state index in [9.17, 15) is 4.79 Å². The summed E-state index contributed by atoms with van der Waals surface area (Å²) in [7, 11) is 0. The Kier molecular flexibility index (Phi) is 7.37. The third-order valence-corrected chi connectivity index (χ3v) is 1.92. The minimum atomic E-state index is -0.935. The molecule has 1 fully saturated rings. The Bertz CT molecular complexity index is 161. The first-order chi connectivity index (χ1) is 6.63. The van der Waals surface area contributed by atoms with Crippen molar-refractivity contribution in [2.24, 2.45) is 0 Å². The van der Waals surface area contributed by atoms with E-state index in [1.165, 1.54) is 0 Å². The van der Waals surface area contributed by atoms with Crippen molar-refractivity contribution in [1.29, 1.82) is 0 Å². The fourth-order valence-electron chi connectivity index (χ4n) is 1.21. The van der Waals surface area contributed by atoms with Crippen molar-refractivity contribution in [1.82, 2.24) is 5.06 Å². The van der Waals surface area contributed by atoms with Crippen LogP contribution >= 0.6 is 0 Å². The maximum atomic E-state index is 10.2. The molecule has 1 saturated heterocycles. The first-order valence-corrected chi connectivity index (χ1v) is 4.89. The van der Waals surface area contributed by atoms with Crippen LogP contribution in [-0.4, -0.2) is 47.1 Å². The monoisotopic (exact) mass is 205 g/mol. The number of aliphatic carboxylic acids is 1. The molecule has 1 aliphatic rings. The Morgan fingerprint density at radius 3 is 2.21 bits per heavy atom. The van der Waals surface area contributed by atoms with Crippen LogP contribution in [0.15, 0.2) is 0 Å². The van der Waals surface area contributed by atoms with E-state index in [2.05, 4.69) is 0 Å². The first kappa shape index (κ1) is 13.4. The van der Waals surface area contributed by atoms with Gasteiger partial charge in [0.1, 0.15) is 6.04 Å². The van der Waals surface area contributed by atoms with Crippen molar-refractivity contribution in [3.63, 3.8) is 0 Å². The zero-order chi connectivity index (χ0) is 11.0. The summed E-state index contributed by atoms with van der Waals surface area (Å²) in [5, 5.41) is 18.1. The van der Waals surface area contributed by atoms with E-state index < -0.39 is 12.0 Å². The lowest BCUT2D eigenvalue weighted by atomic mass is 10.2. The molecule has 2 N–H and O–H groups in total. The van der Waals surface area contributed by atoms with E-state index >= 15 is 0 Å². The second kappa shape index (κ2) is 7.73. The van der Waals surface area contributed by atoms with Crippen molar-refractivity contribution in [2.75, 3.05) is 19.8 Å². The quantitative estimate of drug-likeness (QED) is 0.718. The summed E-state index contributed by atoms with van der Waals surface area (Å²) in [5.74, 6) is -0.935. The second-order valence-corrected chi connectivity index (χ2v) is 2.94. The van der Waals surface area contributed by atoms with Crippen molar-refractivity contribution in [3.8, 4) is 0 Å². The molecule has 0 unspecified atom stereocenters. The highest BCUT2D eigenvalue weighted by atomic mass is 16.5. The highest BCUT2D eigenvalue weighted by molar-refractivity contribution is 5.73. The van der Waals surface area contributed by atoms with Gasteiger partial charge in [0.05, 0.1) is 0 Å². The van der Waals surface area contributed by atoms with Crippen LogP contribution in [-0.2, 0) is 9.53 Å². The molecular weight excluding hydrogens is 186 g/mol. The third kappa shape index (κ3) is 5.16. The predicted octanol–water partition coefficient (Wildman–Crippen LogP) is 0.967. The summed E-state index contributed by atoms with van der Waals surface area (Å²) < 4.78 is 4.83. The summed E-state index contributed by atoms with van der Waals surface area (Å²) in [4.78, 5) is 10.2. The molecule has 1 aliphatic heterocycles. The van der Waals surface area contributed by atoms with Gasteiger partial charge in [-0.05, 0) is 26.7 Å². The second-order valence-electron chi connectivity index (χ2n) is 2.94. The standard InChI is InChI=1S/C5H9NO3.C4H10O/c7-5(8)4-2-1-3-6(4)9;1-3-5-4-2/h4,9H,1-3H2,(H,7,8);3-4H2,1-2H3/t4-;/m1./s1. The molecule has 5 heteroatoms. The molecule has 5 nitrogen and oxygen atoms in total. The summed E-state index contributed by atoms with van der Waals surface area (Å²) in [6.45, 7) is 6.15. The molecule has 0 aromatic carbocycles. The van der Waals surface area contributed by atoms with E-state index in [-0.39, 0.29) is 0 Å². The lowest BCUT2D eigenvalue weighted by molar-refractivity contribution is -0.160. The van der Waals surface area contributed by atoms with Gasteiger partial charge < -0.3 is 15.1 Å². The van der Waals surface area contributed by atoms with Gasteiger partial charge in [-0.2, -0.15) is 5.06 Å². The molecule has 0 aromatic rings. The summed E-state index contributed by atoms with van der Waals surface area (Å²) in [5.41, 5.74) is 0. The summed E-state index contributed by atoms with van der Waals surface area (Å²) >= 11 is 0. The zero-order valence-electron chi connectivity index (χ0n) is 8.77. The van der Waals surface area contributed by atoms with Crippen LogP contribution in [0.5, 0.6) is 0 Å². The highest BCUT2D eigenvalue weighted by Crippen LogP contribution is 2.13. The molecule has 0 bridgehead atoms. The van der Waals surface area contributed by atoms with Crippen molar-refractivity contribution >= 4 is 5.97 Å². The van der Waals surface area contributed by atoms with E-state index in [1.54, 1.807) is 0 Å². The highest BCUT2D eigenvalue weighted by Gasteiger charge is 2.28. The van der Waals surface area contributed by atoms with Gasteiger partial charge in [0.25, 0.3) is 0 Å². The van der Waals surface area contributed by atoms with E-state index in [4.69, 9.17) is 15.1 Å². The first-order valence-electron chi connectivity index (χ1n) is 4.89. The predicted molar refractivity (Wildman–Crippen MR) is 51.3 cm³/mol. The SMILES string of the molecule is CCOCC.O=C(O)[C@H]1CCCN1O. The molecular formula is C9H19NO4. The minimum Gasteiger partial charge on any atom is -0.480 e. The molecule has 1 heterocycles. The van der Waals surface area contributed by atoms with Gasteiger partial charge in [0.2, 0.25) is 0 Å². The van der Waals surface area contributed by atoms with Crippen LogP contribution in [0.1, 0.15) is 26.7 Å². The lowest BCUT2D eigenvalue weighted by Gasteiger charge is -2.11. The topological polar surface area (TPSA) is 70.0 Å². The summed E-state index contributed by atoms with van der Waals surface area (Å²) in [6, 6.07) is -0.662. The van der Waals surface area contributed by atoms with E-state index in [0.717, 1.165) is 24.7 Å². The van der Waals surface area contributed by atoms with Crippen LogP contribution in [0.2, 0.25) is 0 Å². The average molecular weight is 205 g/mol. The molecule has 14 heavy (non-hydrogen) atoms. The Hall–Kier alpha value is -0.650. The number of carboxylic acids is 1. The Labute approximate surface area is 84.2 Å². The molecule has 0 amide bonds. The normalized spacial score (nSPS) is 21.5. The maximum absolute atomic E-state index is 10.2. The lowest BCUT2D eigenvalue weighted by Crippen LogP contribution is -2.32. The van der Waals surface area contributed by atoms with Gasteiger partial charge in [0.15, 0.2) is 0 Å². The Morgan fingerprint density at radius 2 is 2.07 bits per heavy atom. The third-order valence-electron chi connectivity index (χ3n) is 1.92. The Balaban J connectivity index is 0.000000292. The van der Waals surface area contributed by atoms with Crippen LogP contribution in [0.25, 0.3) is 0 Å². The van der Waals surface area contributed by atoms with Crippen LogP contribution in [0.3, 0.4) is 0 Å². The number of hydroxylamine groups is 2. The smallest absolute Gasteiger partial charge is 0.323 e. The van der Waals surface area contributed by atoms with Crippen LogP contribution in [0, 0.1) is 0 Å². The summed E-state index contributed by atoms with van der Waals surface area (Å²) in [6.07, 6.45) is 1.33. The molecule has 0 aromatic heterocycles. The van der Waals surface area contributed by atoms with E-state index in [1.807, 2.05) is 13.8 Å². The molecule has 84 valence electrons. The van der Waals surface area contributed by atoms with Crippen molar-refractivity contribution in [3.05, 3.63) is 0 Å². The average Bonchev–Trinajstić information content (AvgIpc) is 2.54. The number of nitrogens with zero attached hydrogens (tertiary/aromatic N) is 1. The molecule has 1 atom stereocenters. The zero-order valence-corrected chi connectivity index (χ0v) is 8.77. The van der Waals surface area contributed by atoms with Gasteiger partial charge in [-0.1, -0.05) is 0 Å². The molecule has 0 saturated carbocycles. The maximum Gasteiger partial charge on any atom is 0.323 e. The van der Waals surface area contributed by atoms with Gasteiger partial charge in [0, 0.05) is 19.8 Å².